The number of nitrogens with one attached hydrogen (secondary N) is 3. The van der Waals surface area contributed by atoms with E-state index in [4.69, 9.17) is 0 Å². The molecule has 3 amide bonds. The minimum absolute atomic E-state index is 0.106. The quantitative estimate of drug-likeness (QED) is 0.0935. The van der Waals surface area contributed by atoms with E-state index >= 15 is 0 Å². The Morgan fingerprint density at radius 2 is 1.59 bits per heavy atom. The number of thiazole rings is 1. The molecule has 1 aromatic heterocycles. The Bertz CT molecular complexity index is 2160. The number of nitrogens with zero attached hydrogens (tertiary/aromatic N) is 1. The molecule has 0 bridgehead atoms. The first-order chi connectivity index (χ1) is 23.8. The molecule has 1 unspecified atom stereocenters. The predicted octanol–water partition coefficient (Wildman–Crippen LogP) is 9.19. The molecule has 0 fully saturated rings. The molecular formula is C40H34N4O3S2. The van der Waals surface area contributed by atoms with Crippen molar-refractivity contribution >= 4 is 68.5 Å². The number of carbonyl (C=O) groups is 3. The first-order valence-electron chi connectivity index (χ1n) is 15.8. The van der Waals surface area contributed by atoms with E-state index in [1.54, 1.807) is 36.4 Å². The van der Waals surface area contributed by atoms with Crippen LogP contribution in [0.3, 0.4) is 0 Å². The van der Waals surface area contributed by atoms with Crippen molar-refractivity contribution in [2.45, 2.75) is 30.4 Å². The van der Waals surface area contributed by atoms with Gasteiger partial charge in [-0.2, -0.15) is 0 Å². The molecule has 0 aliphatic rings. The average molecular weight is 683 g/mol. The molecule has 3 N–H and O–H groups in total. The monoisotopic (exact) mass is 682 g/mol. The molecule has 6 aromatic rings. The fourth-order valence-corrected chi connectivity index (χ4v) is 6.94. The number of aryl methyl sites for hydroxylation is 1. The summed E-state index contributed by atoms with van der Waals surface area (Å²) in [7, 11) is 0. The Labute approximate surface area is 293 Å². The molecule has 1 heterocycles. The van der Waals surface area contributed by atoms with E-state index in [0.29, 0.717) is 22.8 Å². The Balaban J connectivity index is 1.13. The smallest absolute Gasteiger partial charge is 0.272 e. The van der Waals surface area contributed by atoms with E-state index in [9.17, 15) is 14.4 Å². The average Bonchev–Trinajstić information content (AvgIpc) is 3.59. The lowest BCUT2D eigenvalue weighted by atomic mass is 10.1. The molecule has 9 heteroatoms. The van der Waals surface area contributed by atoms with Crippen molar-refractivity contribution < 1.29 is 14.4 Å². The Morgan fingerprint density at radius 3 is 2.39 bits per heavy atom. The van der Waals surface area contributed by atoms with Crippen LogP contribution < -0.4 is 16.0 Å². The maximum atomic E-state index is 13.6. The number of hydrogen-bond acceptors (Lipinski definition) is 6. The second-order valence-electron chi connectivity index (χ2n) is 11.4. The highest BCUT2D eigenvalue weighted by Gasteiger charge is 2.21. The molecule has 49 heavy (non-hydrogen) atoms. The second kappa shape index (κ2) is 15.6. The Kier molecular flexibility index (Phi) is 10.6. The van der Waals surface area contributed by atoms with Crippen molar-refractivity contribution in [3.05, 3.63) is 149 Å². The van der Waals surface area contributed by atoms with E-state index in [2.05, 4.69) is 45.2 Å². The lowest BCUT2D eigenvalue weighted by Gasteiger charge is -2.15. The standard InChI is InChI=1S/C40H34N4O3S2/c1-3-36(39(47)44-40-43-35(25-48-40)31-20-19-28-13-7-8-16-30(28)23-31)49-33-18-10-17-32(24-33)41-38(46)34(22-27-12-9-11-26(2)21-27)42-37(45)29-14-5-4-6-15-29/h4-25,36H,3H2,1-2H3,(H,41,46)(H,42,45)(H,43,44,47)/b34-22+. The zero-order valence-electron chi connectivity index (χ0n) is 27.0. The number of thioether (sulfide) groups is 1. The molecular weight excluding hydrogens is 649 g/mol. The molecule has 5 aromatic carbocycles. The molecule has 0 saturated heterocycles. The van der Waals surface area contributed by atoms with Crippen molar-refractivity contribution in [1.29, 1.82) is 0 Å². The third-order valence-corrected chi connectivity index (χ3v) is 9.81. The third kappa shape index (κ3) is 8.70. The van der Waals surface area contributed by atoms with Crippen LogP contribution in [0.25, 0.3) is 28.1 Å². The summed E-state index contributed by atoms with van der Waals surface area (Å²) in [6.45, 7) is 3.93. The van der Waals surface area contributed by atoms with E-state index < -0.39 is 5.91 Å². The minimum atomic E-state index is -0.469. The summed E-state index contributed by atoms with van der Waals surface area (Å²) in [4.78, 5) is 45.4. The van der Waals surface area contributed by atoms with Gasteiger partial charge in [0.2, 0.25) is 5.91 Å². The van der Waals surface area contributed by atoms with Gasteiger partial charge < -0.3 is 16.0 Å². The SMILES string of the molecule is CCC(Sc1cccc(NC(=O)/C(=C\c2cccc(C)c2)NC(=O)c2ccccc2)c1)C(=O)Nc1nc(-c2ccc3ccccc3c2)cs1. The van der Waals surface area contributed by atoms with Gasteiger partial charge in [-0.1, -0.05) is 97.4 Å². The van der Waals surface area contributed by atoms with Gasteiger partial charge in [-0.15, -0.1) is 23.1 Å². The molecule has 0 aliphatic carbocycles. The third-order valence-electron chi connectivity index (χ3n) is 7.69. The molecule has 1 atom stereocenters. The maximum Gasteiger partial charge on any atom is 0.272 e. The Morgan fingerprint density at radius 1 is 0.816 bits per heavy atom. The van der Waals surface area contributed by atoms with Crippen molar-refractivity contribution in [1.82, 2.24) is 10.3 Å². The van der Waals surface area contributed by atoms with Gasteiger partial charge in [0.15, 0.2) is 5.13 Å². The summed E-state index contributed by atoms with van der Waals surface area (Å²) in [6, 6.07) is 38.1. The van der Waals surface area contributed by atoms with Crippen molar-refractivity contribution in [2.75, 3.05) is 10.6 Å². The van der Waals surface area contributed by atoms with E-state index in [1.807, 2.05) is 86.0 Å². The van der Waals surface area contributed by atoms with Gasteiger partial charge in [-0.25, -0.2) is 4.98 Å². The number of hydrogen-bond donors (Lipinski definition) is 3. The van der Waals surface area contributed by atoms with Crippen LogP contribution in [0.15, 0.2) is 137 Å². The van der Waals surface area contributed by atoms with Crippen LogP contribution in [0.1, 0.15) is 34.8 Å². The second-order valence-corrected chi connectivity index (χ2v) is 13.5. The number of anilines is 2. The molecule has 0 aliphatic heterocycles. The number of rotatable bonds is 11. The first kappa shape index (κ1) is 33.4. The number of carbonyl (C=O) groups excluding carboxylic acids is 3. The summed E-state index contributed by atoms with van der Waals surface area (Å²) in [5.41, 5.74) is 4.70. The fourth-order valence-electron chi connectivity index (χ4n) is 5.20. The normalized spacial score (nSPS) is 11.9. The van der Waals surface area contributed by atoms with Crippen molar-refractivity contribution in [2.24, 2.45) is 0 Å². The van der Waals surface area contributed by atoms with Crippen LogP contribution in [-0.4, -0.2) is 28.0 Å². The summed E-state index contributed by atoms with van der Waals surface area (Å²) < 4.78 is 0. The molecule has 0 radical (unpaired) electrons. The maximum absolute atomic E-state index is 13.6. The number of aromatic nitrogens is 1. The van der Waals surface area contributed by atoms with Gasteiger partial charge in [0.1, 0.15) is 5.70 Å². The fraction of sp³-hybridized carbons (Fsp3) is 0.100. The topological polar surface area (TPSA) is 100 Å². The van der Waals surface area contributed by atoms with Crippen LogP contribution in [-0.2, 0) is 9.59 Å². The Hall–Kier alpha value is -5.51. The summed E-state index contributed by atoms with van der Waals surface area (Å²) >= 11 is 2.80. The highest BCUT2D eigenvalue weighted by Crippen LogP contribution is 2.31. The van der Waals surface area contributed by atoms with Gasteiger partial charge in [-0.05, 0) is 72.2 Å². The molecule has 244 valence electrons. The van der Waals surface area contributed by atoms with Crippen molar-refractivity contribution in [3.63, 3.8) is 0 Å². The highest BCUT2D eigenvalue weighted by molar-refractivity contribution is 8.00. The zero-order valence-corrected chi connectivity index (χ0v) is 28.6. The van der Waals surface area contributed by atoms with Crippen LogP contribution >= 0.6 is 23.1 Å². The minimum Gasteiger partial charge on any atom is -0.321 e. The molecule has 0 saturated carbocycles. The number of amides is 3. The van der Waals surface area contributed by atoms with E-state index in [-0.39, 0.29) is 22.8 Å². The van der Waals surface area contributed by atoms with Crippen LogP contribution in [0.5, 0.6) is 0 Å². The van der Waals surface area contributed by atoms with Crippen LogP contribution in [0.2, 0.25) is 0 Å². The van der Waals surface area contributed by atoms with E-state index in [1.165, 1.54) is 23.1 Å². The lowest BCUT2D eigenvalue weighted by molar-refractivity contribution is -0.116. The molecule has 6 rings (SSSR count). The van der Waals surface area contributed by atoms with Gasteiger partial charge in [0.25, 0.3) is 11.8 Å². The van der Waals surface area contributed by atoms with Crippen LogP contribution in [0, 0.1) is 6.92 Å². The number of fused-ring (bicyclic) bond motifs is 1. The highest BCUT2D eigenvalue weighted by atomic mass is 32.2. The molecule has 0 spiro atoms. The zero-order chi connectivity index (χ0) is 34.2. The van der Waals surface area contributed by atoms with Gasteiger partial charge in [0.05, 0.1) is 10.9 Å². The van der Waals surface area contributed by atoms with Crippen LogP contribution in [0.4, 0.5) is 10.8 Å². The largest absolute Gasteiger partial charge is 0.321 e. The predicted molar refractivity (Wildman–Crippen MR) is 202 cm³/mol. The molecule has 7 nitrogen and oxygen atoms in total. The summed E-state index contributed by atoms with van der Waals surface area (Å²) in [6.07, 6.45) is 2.24. The van der Waals surface area contributed by atoms with Gasteiger partial charge >= 0.3 is 0 Å². The summed E-state index contributed by atoms with van der Waals surface area (Å²) in [5.74, 6) is -1.00. The summed E-state index contributed by atoms with van der Waals surface area (Å²) in [5, 5.41) is 13.1. The van der Waals surface area contributed by atoms with Gasteiger partial charge in [0, 0.05) is 27.1 Å². The van der Waals surface area contributed by atoms with E-state index in [0.717, 1.165) is 38.1 Å². The number of benzene rings is 5. The first-order valence-corrected chi connectivity index (χ1v) is 17.6. The van der Waals surface area contributed by atoms with Crippen molar-refractivity contribution in [3.8, 4) is 11.3 Å². The lowest BCUT2D eigenvalue weighted by Crippen LogP contribution is -2.30. The van der Waals surface area contributed by atoms with Gasteiger partial charge in [-0.3, -0.25) is 14.4 Å².